The second kappa shape index (κ2) is 6.06. The average Bonchev–Trinajstić information content (AvgIpc) is 2.96. The quantitative estimate of drug-likeness (QED) is 0.584. The first-order valence-electron chi connectivity index (χ1n) is 9.50. The van der Waals surface area contributed by atoms with Crippen LogP contribution in [0.1, 0.15) is 56.1 Å². The predicted octanol–water partition coefficient (Wildman–Crippen LogP) is 4.89. The van der Waals surface area contributed by atoms with Crippen molar-refractivity contribution in [2.45, 2.75) is 51.4 Å². The van der Waals surface area contributed by atoms with Gasteiger partial charge in [-0.15, -0.1) is 0 Å². The fraction of sp³-hybridized carbons (Fsp3) is 0.591. The van der Waals surface area contributed by atoms with E-state index in [1.165, 1.54) is 25.7 Å². The molecule has 1 unspecified atom stereocenters. The highest BCUT2D eigenvalue weighted by Gasteiger charge is 2.57. The van der Waals surface area contributed by atoms with Gasteiger partial charge in [0.25, 0.3) is 0 Å². The molecule has 2 nitrogen and oxygen atoms in total. The summed E-state index contributed by atoms with van der Waals surface area (Å²) >= 11 is 0. The van der Waals surface area contributed by atoms with E-state index in [-0.39, 0.29) is 17.3 Å². The summed E-state index contributed by atoms with van der Waals surface area (Å²) in [6, 6.07) is 9.02. The molecule has 0 amide bonds. The third-order valence-electron chi connectivity index (χ3n) is 7.27. The van der Waals surface area contributed by atoms with Crippen LogP contribution >= 0.6 is 0 Å². The van der Waals surface area contributed by atoms with E-state index in [9.17, 15) is 4.79 Å². The average molecular weight is 324 g/mol. The normalized spacial score (nSPS) is 37.0. The first-order valence-corrected chi connectivity index (χ1v) is 9.50. The van der Waals surface area contributed by atoms with E-state index >= 15 is 0 Å². The van der Waals surface area contributed by atoms with E-state index in [0.717, 1.165) is 18.8 Å². The summed E-state index contributed by atoms with van der Waals surface area (Å²) in [7, 11) is 0. The van der Waals surface area contributed by atoms with Crippen molar-refractivity contribution < 1.29 is 9.53 Å². The summed E-state index contributed by atoms with van der Waals surface area (Å²) in [6.07, 6.45) is 8.73. The third kappa shape index (κ3) is 2.34. The SMILES string of the molecule is C=CCOC(=O)C1CC[C@H]2[C@@H]3CCc4ccccc4[C@H]3CC[C@]12C. The van der Waals surface area contributed by atoms with Gasteiger partial charge in [-0.05, 0) is 72.8 Å². The van der Waals surface area contributed by atoms with Crippen LogP contribution in [0.15, 0.2) is 36.9 Å². The van der Waals surface area contributed by atoms with Gasteiger partial charge in [0.1, 0.15) is 6.61 Å². The smallest absolute Gasteiger partial charge is 0.309 e. The molecule has 4 rings (SSSR count). The molecule has 2 fully saturated rings. The fourth-order valence-corrected chi connectivity index (χ4v) is 6.15. The standard InChI is InChI=1S/C22H28O2/c1-3-14-24-21(23)20-11-10-19-18-9-8-15-6-4-5-7-16(15)17(18)12-13-22(19,20)2/h3-7,17-20H,1,8-14H2,2H3/t17-,18-,19+,20?,22+/m1/s1. The lowest BCUT2D eigenvalue weighted by Crippen LogP contribution is -2.44. The fourth-order valence-electron chi connectivity index (χ4n) is 6.15. The number of fused-ring (bicyclic) bond motifs is 5. The Labute approximate surface area is 145 Å². The Bertz CT molecular complexity index is 649. The summed E-state index contributed by atoms with van der Waals surface area (Å²) in [4.78, 5) is 12.6. The van der Waals surface area contributed by atoms with Crippen LogP contribution in [0.2, 0.25) is 0 Å². The zero-order chi connectivity index (χ0) is 16.7. The maximum absolute atomic E-state index is 12.6. The molecule has 5 atom stereocenters. The number of esters is 1. The van der Waals surface area contributed by atoms with Crippen LogP contribution < -0.4 is 0 Å². The van der Waals surface area contributed by atoms with Crippen LogP contribution in [-0.4, -0.2) is 12.6 Å². The molecule has 0 aromatic heterocycles. The number of carbonyl (C=O) groups excluding carboxylic acids is 1. The Balaban J connectivity index is 1.59. The largest absolute Gasteiger partial charge is 0.461 e. The number of ether oxygens (including phenoxy) is 1. The van der Waals surface area contributed by atoms with Crippen LogP contribution in [0.4, 0.5) is 0 Å². The number of hydrogen-bond donors (Lipinski definition) is 0. The van der Waals surface area contributed by atoms with E-state index in [2.05, 4.69) is 37.8 Å². The van der Waals surface area contributed by atoms with Crippen molar-refractivity contribution in [1.29, 1.82) is 0 Å². The Morgan fingerprint density at radius 2 is 2.12 bits per heavy atom. The molecule has 0 spiro atoms. The molecule has 24 heavy (non-hydrogen) atoms. The van der Waals surface area contributed by atoms with Gasteiger partial charge in [0.15, 0.2) is 0 Å². The molecular formula is C22H28O2. The first-order chi connectivity index (χ1) is 11.6. The lowest BCUT2D eigenvalue weighted by atomic mass is 9.54. The highest BCUT2D eigenvalue weighted by atomic mass is 16.5. The Kier molecular flexibility index (Phi) is 4.02. The van der Waals surface area contributed by atoms with Gasteiger partial charge in [0.05, 0.1) is 5.92 Å². The highest BCUT2D eigenvalue weighted by molar-refractivity contribution is 5.74. The van der Waals surface area contributed by atoms with Crippen LogP contribution in [0, 0.1) is 23.2 Å². The van der Waals surface area contributed by atoms with Gasteiger partial charge in [-0.25, -0.2) is 0 Å². The molecule has 2 heteroatoms. The van der Waals surface area contributed by atoms with E-state index in [4.69, 9.17) is 4.74 Å². The number of carbonyl (C=O) groups is 1. The molecule has 0 bridgehead atoms. The minimum atomic E-state index is 0.00885. The van der Waals surface area contributed by atoms with Gasteiger partial charge in [-0.1, -0.05) is 43.8 Å². The number of benzene rings is 1. The summed E-state index contributed by atoms with van der Waals surface area (Å²) in [5, 5.41) is 0. The van der Waals surface area contributed by atoms with Crippen molar-refractivity contribution in [3.05, 3.63) is 48.0 Å². The summed E-state index contributed by atoms with van der Waals surface area (Å²) in [6.45, 7) is 6.36. The van der Waals surface area contributed by atoms with E-state index in [0.29, 0.717) is 18.4 Å². The van der Waals surface area contributed by atoms with Crippen molar-refractivity contribution in [3.63, 3.8) is 0 Å². The maximum atomic E-state index is 12.6. The number of aryl methyl sites for hydroxylation is 1. The molecule has 3 aliphatic carbocycles. The second-order valence-corrected chi connectivity index (χ2v) is 8.21. The Hall–Kier alpha value is -1.57. The summed E-state index contributed by atoms with van der Waals surface area (Å²) in [5.41, 5.74) is 3.28. The molecule has 2 saturated carbocycles. The monoisotopic (exact) mass is 324 g/mol. The van der Waals surface area contributed by atoms with Crippen LogP contribution in [0.5, 0.6) is 0 Å². The molecule has 128 valence electrons. The van der Waals surface area contributed by atoms with Crippen molar-refractivity contribution in [2.75, 3.05) is 6.61 Å². The third-order valence-corrected chi connectivity index (χ3v) is 7.27. The lowest BCUT2D eigenvalue weighted by molar-refractivity contribution is -0.153. The van der Waals surface area contributed by atoms with Gasteiger partial charge < -0.3 is 4.74 Å². The highest BCUT2D eigenvalue weighted by Crippen LogP contribution is 2.63. The zero-order valence-corrected chi connectivity index (χ0v) is 14.7. The first kappa shape index (κ1) is 15.9. The predicted molar refractivity (Wildman–Crippen MR) is 95.7 cm³/mol. The van der Waals surface area contributed by atoms with Crippen LogP contribution in [0.3, 0.4) is 0 Å². The molecule has 3 aliphatic rings. The van der Waals surface area contributed by atoms with Crippen molar-refractivity contribution in [1.82, 2.24) is 0 Å². The molecular weight excluding hydrogens is 296 g/mol. The molecule has 0 N–H and O–H groups in total. The van der Waals surface area contributed by atoms with Crippen molar-refractivity contribution in [3.8, 4) is 0 Å². The summed E-state index contributed by atoms with van der Waals surface area (Å²) in [5.74, 6) is 2.22. The maximum Gasteiger partial charge on any atom is 0.309 e. The van der Waals surface area contributed by atoms with Crippen molar-refractivity contribution in [2.24, 2.45) is 23.2 Å². The summed E-state index contributed by atoms with van der Waals surface area (Å²) < 4.78 is 5.42. The van der Waals surface area contributed by atoms with E-state index in [1.54, 1.807) is 17.2 Å². The Morgan fingerprint density at radius 1 is 1.29 bits per heavy atom. The molecule has 1 aromatic rings. The molecule has 0 aliphatic heterocycles. The van der Waals surface area contributed by atoms with Crippen LogP contribution in [-0.2, 0) is 16.0 Å². The zero-order valence-electron chi connectivity index (χ0n) is 14.7. The molecule has 0 radical (unpaired) electrons. The molecule has 1 aromatic carbocycles. The minimum Gasteiger partial charge on any atom is -0.461 e. The van der Waals surface area contributed by atoms with Gasteiger partial charge in [0, 0.05) is 0 Å². The van der Waals surface area contributed by atoms with E-state index < -0.39 is 0 Å². The van der Waals surface area contributed by atoms with E-state index in [1.807, 2.05) is 0 Å². The number of hydrogen-bond acceptors (Lipinski definition) is 2. The minimum absolute atomic E-state index is 0.00885. The van der Waals surface area contributed by atoms with Crippen LogP contribution in [0.25, 0.3) is 0 Å². The second-order valence-electron chi connectivity index (χ2n) is 8.21. The van der Waals surface area contributed by atoms with Gasteiger partial charge in [-0.2, -0.15) is 0 Å². The Morgan fingerprint density at radius 3 is 2.96 bits per heavy atom. The van der Waals surface area contributed by atoms with Crippen molar-refractivity contribution >= 4 is 5.97 Å². The van der Waals surface area contributed by atoms with Gasteiger partial charge >= 0.3 is 5.97 Å². The number of rotatable bonds is 3. The molecule has 0 heterocycles. The molecule has 0 saturated heterocycles. The lowest BCUT2D eigenvalue weighted by Gasteiger charge is -2.50. The van der Waals surface area contributed by atoms with Gasteiger partial charge in [-0.3, -0.25) is 4.79 Å². The topological polar surface area (TPSA) is 26.3 Å². The van der Waals surface area contributed by atoms with Gasteiger partial charge in [0.2, 0.25) is 0 Å².